The zero-order chi connectivity index (χ0) is 24.0. The first-order valence-corrected chi connectivity index (χ1v) is 10.3. The first kappa shape index (κ1) is 25.5. The van der Waals surface area contributed by atoms with Crippen LogP contribution in [0.15, 0.2) is 28.9 Å². The van der Waals surface area contributed by atoms with Crippen LogP contribution in [0.4, 0.5) is 11.4 Å². The van der Waals surface area contributed by atoms with E-state index in [1.54, 1.807) is 26.0 Å². The molecule has 0 aromatic heterocycles. The van der Waals surface area contributed by atoms with Crippen molar-refractivity contribution in [1.29, 1.82) is 0 Å². The molecule has 0 spiro atoms. The van der Waals surface area contributed by atoms with Gasteiger partial charge in [-0.1, -0.05) is 0 Å². The van der Waals surface area contributed by atoms with E-state index in [1.165, 1.54) is 4.90 Å². The summed E-state index contributed by atoms with van der Waals surface area (Å²) < 4.78 is 10.1. The van der Waals surface area contributed by atoms with Crippen molar-refractivity contribution >= 4 is 29.0 Å². The van der Waals surface area contributed by atoms with Crippen LogP contribution in [-0.4, -0.2) is 82.8 Å². The molecule has 1 aromatic rings. The second-order valence-corrected chi connectivity index (χ2v) is 7.31. The maximum Gasteiger partial charge on any atom is 0.359 e. The number of esters is 2. The van der Waals surface area contributed by atoms with Gasteiger partial charge in [0.15, 0.2) is 5.71 Å². The Bertz CT molecular complexity index is 911. The minimum absolute atomic E-state index is 0.0161. The zero-order valence-electron chi connectivity index (χ0n) is 18.6. The van der Waals surface area contributed by atoms with Crippen molar-refractivity contribution in [2.45, 2.75) is 46.0 Å². The summed E-state index contributed by atoms with van der Waals surface area (Å²) in [6, 6.07) is 3.53. The number of β-amino-alcohol motifs (C(OH)–C–C–N with tert-alkyl or cyclic N) is 1. The molecule has 1 heterocycles. The third-order valence-electron chi connectivity index (χ3n) is 5.00. The first-order valence-electron chi connectivity index (χ1n) is 10.3. The van der Waals surface area contributed by atoms with Crippen molar-refractivity contribution in [2.24, 2.45) is 4.99 Å². The van der Waals surface area contributed by atoms with Crippen molar-refractivity contribution in [3.63, 3.8) is 0 Å². The second kappa shape index (κ2) is 11.2. The van der Waals surface area contributed by atoms with Crippen LogP contribution in [0.2, 0.25) is 0 Å². The van der Waals surface area contributed by atoms with Gasteiger partial charge in [-0.15, -0.1) is 0 Å². The number of aliphatic imine (C=N–C) groups is 1. The molecule has 1 aliphatic rings. The van der Waals surface area contributed by atoms with Gasteiger partial charge in [0.2, 0.25) is 0 Å². The normalized spacial score (nSPS) is 17.3. The fraction of sp³-hybridized carbons (Fsp3) is 0.500. The van der Waals surface area contributed by atoms with Gasteiger partial charge in [-0.2, -0.15) is 0 Å². The summed E-state index contributed by atoms with van der Waals surface area (Å²) in [5.41, 5.74) is 2.53. The van der Waals surface area contributed by atoms with Gasteiger partial charge >= 0.3 is 11.9 Å². The lowest BCUT2D eigenvalue weighted by Crippen LogP contribution is -2.47. The summed E-state index contributed by atoms with van der Waals surface area (Å²) >= 11 is 0. The van der Waals surface area contributed by atoms with Crippen LogP contribution < -0.4 is 4.90 Å². The molecule has 0 fully saturated rings. The highest BCUT2D eigenvalue weighted by Crippen LogP contribution is 2.39. The van der Waals surface area contributed by atoms with E-state index in [0.29, 0.717) is 11.4 Å². The number of rotatable bonds is 9. The lowest BCUT2D eigenvalue weighted by Gasteiger charge is -2.35. The van der Waals surface area contributed by atoms with Crippen molar-refractivity contribution in [1.82, 2.24) is 0 Å². The molecule has 0 bridgehead atoms. The number of benzene rings is 1. The molecule has 0 saturated carbocycles. The molecular formula is C22H30N2O8. The van der Waals surface area contributed by atoms with Gasteiger partial charge in [-0.25, -0.2) is 14.6 Å². The number of hydrogen-bond donors (Lipinski definition) is 4. The van der Waals surface area contributed by atoms with Gasteiger partial charge < -0.3 is 34.8 Å². The molecule has 32 heavy (non-hydrogen) atoms. The largest absolute Gasteiger partial charge is 0.463 e. The Balaban J connectivity index is 2.65. The molecule has 3 atom stereocenters. The topological polar surface area (TPSA) is 149 Å². The second-order valence-electron chi connectivity index (χ2n) is 7.31. The summed E-state index contributed by atoms with van der Waals surface area (Å²) in [4.78, 5) is 30.8. The fourth-order valence-corrected chi connectivity index (χ4v) is 3.17. The van der Waals surface area contributed by atoms with Gasteiger partial charge in [0.05, 0.1) is 43.4 Å². The Morgan fingerprint density at radius 2 is 1.69 bits per heavy atom. The summed E-state index contributed by atoms with van der Waals surface area (Å²) in [5.74, 6) is -1.51. The van der Waals surface area contributed by atoms with Crippen LogP contribution in [0, 0.1) is 13.8 Å². The summed E-state index contributed by atoms with van der Waals surface area (Å²) in [5, 5.41) is 39.5. The molecule has 0 saturated heterocycles. The Kier molecular flexibility index (Phi) is 8.90. The third kappa shape index (κ3) is 5.71. The summed E-state index contributed by atoms with van der Waals surface area (Å²) in [7, 11) is 0. The Labute approximate surface area is 186 Å². The Morgan fingerprint density at radius 1 is 1.06 bits per heavy atom. The first-order chi connectivity index (χ1) is 15.1. The summed E-state index contributed by atoms with van der Waals surface area (Å²) in [6.07, 6.45) is -3.73. The standard InChI is InChI=1S/C22H30N2O8/c1-5-31-19(28)9-16-20(22(30)32-6-2)23-14-7-12(3)13(4)8-15(14)24(16)10-17(26)21(29)18(27)11-25/h7-9,17-18,21,25-27,29H,5-6,10-11H2,1-4H3/b16-9+/t17-,18+,21-/m0/s1. The van der Waals surface area contributed by atoms with Crippen molar-refractivity contribution in [2.75, 3.05) is 31.3 Å². The van der Waals surface area contributed by atoms with E-state index in [0.717, 1.165) is 17.2 Å². The monoisotopic (exact) mass is 450 g/mol. The van der Waals surface area contributed by atoms with Crippen LogP contribution in [0.3, 0.4) is 0 Å². The lowest BCUT2D eigenvalue weighted by molar-refractivity contribution is -0.137. The smallest absolute Gasteiger partial charge is 0.359 e. The fourth-order valence-electron chi connectivity index (χ4n) is 3.17. The van der Waals surface area contributed by atoms with Gasteiger partial charge in [0.1, 0.15) is 18.3 Å². The molecule has 0 amide bonds. The van der Waals surface area contributed by atoms with E-state index in [9.17, 15) is 24.9 Å². The van der Waals surface area contributed by atoms with E-state index in [2.05, 4.69) is 4.99 Å². The van der Waals surface area contributed by atoms with Crippen LogP contribution in [0.1, 0.15) is 25.0 Å². The van der Waals surface area contributed by atoms with E-state index in [-0.39, 0.29) is 31.2 Å². The van der Waals surface area contributed by atoms with Crippen molar-refractivity contribution in [3.05, 3.63) is 35.0 Å². The molecule has 10 nitrogen and oxygen atoms in total. The molecular weight excluding hydrogens is 420 g/mol. The maximum atomic E-state index is 12.7. The number of aliphatic hydroxyl groups is 4. The van der Waals surface area contributed by atoms with Crippen molar-refractivity contribution in [3.8, 4) is 0 Å². The quantitative estimate of drug-likeness (QED) is 0.307. The van der Waals surface area contributed by atoms with Crippen molar-refractivity contribution < 1.29 is 39.5 Å². The van der Waals surface area contributed by atoms with Gasteiger partial charge in [-0.3, -0.25) is 0 Å². The predicted molar refractivity (Wildman–Crippen MR) is 117 cm³/mol. The minimum Gasteiger partial charge on any atom is -0.463 e. The molecule has 0 radical (unpaired) electrons. The SMILES string of the molecule is CCOC(=O)/C=C1\C(C(=O)OCC)=Nc2cc(C)c(C)cc2N1C[C@H](O)[C@H](O)[C@H](O)CO. The number of anilines is 1. The zero-order valence-corrected chi connectivity index (χ0v) is 18.6. The van der Waals surface area contributed by atoms with E-state index in [4.69, 9.17) is 14.6 Å². The van der Waals surface area contributed by atoms with Crippen LogP contribution in [-0.2, 0) is 19.1 Å². The van der Waals surface area contributed by atoms with Crippen LogP contribution in [0.25, 0.3) is 0 Å². The molecule has 0 unspecified atom stereocenters. The molecule has 2 rings (SSSR count). The minimum atomic E-state index is -1.68. The number of fused-ring (bicyclic) bond motifs is 1. The average Bonchev–Trinajstić information content (AvgIpc) is 2.75. The maximum absolute atomic E-state index is 12.7. The number of ether oxygens (including phenoxy) is 2. The third-order valence-corrected chi connectivity index (χ3v) is 5.00. The number of aliphatic hydroxyl groups excluding tert-OH is 4. The molecule has 0 aliphatic carbocycles. The molecule has 1 aromatic carbocycles. The number of carbonyl (C=O) groups excluding carboxylic acids is 2. The average molecular weight is 450 g/mol. The van der Waals surface area contributed by atoms with Crippen LogP contribution in [0.5, 0.6) is 0 Å². The Hall–Kier alpha value is -2.79. The Morgan fingerprint density at radius 3 is 2.28 bits per heavy atom. The molecule has 4 N–H and O–H groups in total. The highest BCUT2D eigenvalue weighted by molar-refractivity contribution is 6.45. The van der Waals surface area contributed by atoms with E-state index >= 15 is 0 Å². The number of aryl methyl sites for hydroxylation is 2. The van der Waals surface area contributed by atoms with Gasteiger partial charge in [0, 0.05) is 6.08 Å². The van der Waals surface area contributed by atoms with Gasteiger partial charge in [0.25, 0.3) is 0 Å². The van der Waals surface area contributed by atoms with Gasteiger partial charge in [-0.05, 0) is 51.0 Å². The number of nitrogens with zero attached hydrogens (tertiary/aromatic N) is 2. The lowest BCUT2D eigenvalue weighted by atomic mass is 10.0. The highest BCUT2D eigenvalue weighted by atomic mass is 16.5. The summed E-state index contributed by atoms with van der Waals surface area (Å²) in [6.45, 7) is 6.11. The molecule has 1 aliphatic heterocycles. The number of carbonyl (C=O) groups is 2. The molecule has 176 valence electrons. The number of hydrogen-bond acceptors (Lipinski definition) is 10. The van der Waals surface area contributed by atoms with E-state index < -0.39 is 36.9 Å². The highest BCUT2D eigenvalue weighted by Gasteiger charge is 2.35. The predicted octanol–water partition coefficient (Wildman–Crippen LogP) is 0.281. The molecule has 10 heteroatoms. The van der Waals surface area contributed by atoms with E-state index in [1.807, 2.05) is 13.8 Å². The van der Waals surface area contributed by atoms with Crippen LogP contribution >= 0.6 is 0 Å².